The van der Waals surface area contributed by atoms with Gasteiger partial charge in [-0.3, -0.25) is 9.59 Å². The number of hydrogen-bond donors (Lipinski definition) is 2. The van der Waals surface area contributed by atoms with Crippen LogP contribution < -0.4 is 10.6 Å². The van der Waals surface area contributed by atoms with Crippen LogP contribution in [0.2, 0.25) is 0 Å². The van der Waals surface area contributed by atoms with E-state index in [9.17, 15) is 19.2 Å². The van der Waals surface area contributed by atoms with Crippen molar-refractivity contribution in [3.05, 3.63) is 59.1 Å². The van der Waals surface area contributed by atoms with Gasteiger partial charge in [0.25, 0.3) is 5.91 Å². The number of ether oxygens (including phenoxy) is 1. The monoisotopic (exact) mass is 428 g/mol. The number of anilines is 1. The average Bonchev–Trinajstić information content (AvgIpc) is 3.31. The Morgan fingerprint density at radius 3 is 2.73 bits per heavy atom. The molecule has 3 rings (SSSR count). The fourth-order valence-corrected chi connectivity index (χ4v) is 3.67. The van der Waals surface area contributed by atoms with Crippen molar-refractivity contribution >= 4 is 40.3 Å². The molecule has 0 saturated carbocycles. The van der Waals surface area contributed by atoms with Gasteiger partial charge in [-0.1, -0.05) is 42.5 Å². The minimum Gasteiger partial charge on any atom is -0.464 e. The Kier molecular flexibility index (Phi) is 6.58. The van der Waals surface area contributed by atoms with Gasteiger partial charge in [0.15, 0.2) is 10.8 Å². The van der Waals surface area contributed by atoms with E-state index in [1.165, 1.54) is 12.5 Å². The molecule has 156 valence electrons. The first-order chi connectivity index (χ1) is 14.4. The highest BCUT2D eigenvalue weighted by atomic mass is 32.1. The second-order valence-corrected chi connectivity index (χ2v) is 7.24. The minimum atomic E-state index is -1.10. The third-order valence-electron chi connectivity index (χ3n) is 4.40. The normalized spacial score (nSPS) is 17.1. The number of allylic oxidation sites excluding steroid dienone is 1. The first-order valence-electron chi connectivity index (χ1n) is 9.09. The van der Waals surface area contributed by atoms with E-state index in [0.29, 0.717) is 0 Å². The molecule has 2 aromatic rings. The Hall–Kier alpha value is -3.53. The van der Waals surface area contributed by atoms with Gasteiger partial charge in [0.2, 0.25) is 5.91 Å². The van der Waals surface area contributed by atoms with Gasteiger partial charge in [0.1, 0.15) is 12.1 Å². The third kappa shape index (κ3) is 4.54. The van der Waals surface area contributed by atoms with E-state index in [0.717, 1.165) is 21.8 Å². The molecule has 30 heavy (non-hydrogen) atoms. The lowest BCUT2D eigenvalue weighted by Crippen LogP contribution is -2.49. The van der Waals surface area contributed by atoms with E-state index in [-0.39, 0.29) is 17.2 Å². The number of carbonyl (C=O) groups excluding carboxylic acids is 4. The second-order valence-electron chi connectivity index (χ2n) is 6.39. The van der Waals surface area contributed by atoms with Crippen LogP contribution >= 0.6 is 11.3 Å². The Labute approximate surface area is 176 Å². The molecule has 4 amide bonds. The molecular weight excluding hydrogens is 408 g/mol. The molecule has 1 aromatic heterocycles. The van der Waals surface area contributed by atoms with Crippen molar-refractivity contribution in [2.75, 3.05) is 12.4 Å². The highest BCUT2D eigenvalue weighted by molar-refractivity contribution is 7.14. The average molecular weight is 428 g/mol. The van der Waals surface area contributed by atoms with Gasteiger partial charge in [-0.05, 0) is 12.5 Å². The number of nitrogens with zero attached hydrogens (tertiary/aromatic N) is 2. The lowest BCUT2D eigenvalue weighted by atomic mass is 10.0. The Balaban J connectivity index is 1.86. The molecule has 1 aliphatic heterocycles. The number of esters is 1. The number of urea groups is 1. The summed E-state index contributed by atoms with van der Waals surface area (Å²) in [5, 5.41) is 6.77. The number of thiazole rings is 1. The molecule has 2 atom stereocenters. The van der Waals surface area contributed by atoms with Crippen LogP contribution in [0.5, 0.6) is 0 Å². The number of hydrogen-bond acceptors (Lipinski definition) is 7. The van der Waals surface area contributed by atoms with Crippen molar-refractivity contribution in [3.8, 4) is 0 Å². The first-order valence-corrected chi connectivity index (χ1v) is 9.97. The minimum absolute atomic E-state index is 0.0561. The van der Waals surface area contributed by atoms with Crippen LogP contribution in [0.15, 0.2) is 47.9 Å². The van der Waals surface area contributed by atoms with Crippen LogP contribution in [0.1, 0.15) is 23.0 Å². The molecular formula is C20H20N4O5S. The van der Waals surface area contributed by atoms with Crippen LogP contribution in [-0.4, -0.2) is 52.9 Å². The van der Waals surface area contributed by atoms with Gasteiger partial charge in [0.05, 0.1) is 7.11 Å². The molecule has 1 aliphatic rings. The van der Waals surface area contributed by atoms with Crippen molar-refractivity contribution in [2.24, 2.45) is 0 Å². The molecule has 1 fully saturated rings. The predicted molar refractivity (Wildman–Crippen MR) is 110 cm³/mol. The molecule has 0 spiro atoms. The number of nitrogens with one attached hydrogen (secondary N) is 2. The van der Waals surface area contributed by atoms with E-state index in [1.807, 2.05) is 18.2 Å². The van der Waals surface area contributed by atoms with Crippen molar-refractivity contribution in [2.45, 2.75) is 25.4 Å². The number of methoxy groups -OCH3 is 1. The number of imide groups is 1. The van der Waals surface area contributed by atoms with Crippen LogP contribution in [0.3, 0.4) is 0 Å². The van der Waals surface area contributed by atoms with Crippen molar-refractivity contribution < 1.29 is 23.9 Å². The zero-order chi connectivity index (χ0) is 21.7. The molecule has 1 unspecified atom stereocenters. The second kappa shape index (κ2) is 9.31. The summed E-state index contributed by atoms with van der Waals surface area (Å²) in [4.78, 5) is 54.8. The molecule has 1 saturated heterocycles. The Morgan fingerprint density at radius 1 is 1.33 bits per heavy atom. The summed E-state index contributed by atoms with van der Waals surface area (Å²) < 4.78 is 4.61. The summed E-state index contributed by atoms with van der Waals surface area (Å²) >= 11 is 1.04. The maximum atomic E-state index is 13.1. The lowest BCUT2D eigenvalue weighted by Gasteiger charge is -2.24. The van der Waals surface area contributed by atoms with Gasteiger partial charge >= 0.3 is 12.0 Å². The van der Waals surface area contributed by atoms with Crippen molar-refractivity contribution in [1.82, 2.24) is 15.2 Å². The van der Waals surface area contributed by atoms with Gasteiger partial charge in [-0.25, -0.2) is 19.5 Å². The summed E-state index contributed by atoms with van der Waals surface area (Å²) in [6.07, 6.45) is 3.34. The number of benzene rings is 1. The maximum absolute atomic E-state index is 13.1. The van der Waals surface area contributed by atoms with Gasteiger partial charge < -0.3 is 15.4 Å². The van der Waals surface area contributed by atoms with E-state index in [2.05, 4.69) is 20.4 Å². The van der Waals surface area contributed by atoms with E-state index in [4.69, 9.17) is 0 Å². The number of aromatic nitrogens is 1. The SMILES string of the molecule is C/C=C/[C@H]1NC(=O)N(C(Cc2ccccc2)C(=O)Nc2nc(C(=O)OC)cs2)C1=O. The number of rotatable bonds is 7. The van der Waals surface area contributed by atoms with Gasteiger partial charge in [-0.2, -0.15) is 0 Å². The summed E-state index contributed by atoms with van der Waals surface area (Å²) in [7, 11) is 1.23. The standard InChI is InChI=1S/C20H20N4O5S/c1-3-7-13-17(26)24(20(28)22-13)15(10-12-8-5-4-6-9-12)16(25)23-19-21-14(11-30-19)18(27)29-2/h3-9,11,13,15H,10H2,1-2H3,(H,22,28)(H,21,23,25)/b7-3+/t13-,15?/m1/s1. The zero-order valence-electron chi connectivity index (χ0n) is 16.3. The zero-order valence-corrected chi connectivity index (χ0v) is 17.1. The Morgan fingerprint density at radius 2 is 2.07 bits per heavy atom. The summed E-state index contributed by atoms with van der Waals surface area (Å²) in [5.74, 6) is -1.73. The van der Waals surface area contributed by atoms with Crippen molar-refractivity contribution in [1.29, 1.82) is 0 Å². The fourth-order valence-electron chi connectivity index (χ4n) is 2.99. The quantitative estimate of drug-likeness (QED) is 0.396. The molecule has 10 heteroatoms. The first kappa shape index (κ1) is 21.2. The summed E-state index contributed by atoms with van der Waals surface area (Å²) in [6, 6.07) is 6.50. The Bertz CT molecular complexity index is 988. The third-order valence-corrected chi connectivity index (χ3v) is 5.16. The highest BCUT2D eigenvalue weighted by Gasteiger charge is 2.43. The molecule has 9 nitrogen and oxygen atoms in total. The largest absolute Gasteiger partial charge is 0.464 e. The smallest absolute Gasteiger partial charge is 0.357 e. The summed E-state index contributed by atoms with van der Waals surface area (Å²) in [6.45, 7) is 1.73. The van der Waals surface area contributed by atoms with Crippen LogP contribution in [-0.2, 0) is 20.7 Å². The molecule has 1 aromatic carbocycles. The fraction of sp³-hybridized carbons (Fsp3) is 0.250. The van der Waals surface area contributed by atoms with E-state index in [1.54, 1.807) is 31.2 Å². The van der Waals surface area contributed by atoms with E-state index < -0.39 is 35.9 Å². The predicted octanol–water partition coefficient (Wildman–Crippen LogP) is 1.98. The topological polar surface area (TPSA) is 118 Å². The van der Waals surface area contributed by atoms with E-state index >= 15 is 0 Å². The lowest BCUT2D eigenvalue weighted by molar-refractivity contribution is -0.133. The highest BCUT2D eigenvalue weighted by Crippen LogP contribution is 2.20. The van der Waals surface area contributed by atoms with Crippen LogP contribution in [0, 0.1) is 0 Å². The molecule has 2 heterocycles. The van der Waals surface area contributed by atoms with Gasteiger partial charge in [0, 0.05) is 11.8 Å². The maximum Gasteiger partial charge on any atom is 0.357 e. The van der Waals surface area contributed by atoms with Crippen LogP contribution in [0.25, 0.3) is 0 Å². The molecule has 0 bridgehead atoms. The number of carbonyl (C=O) groups is 4. The van der Waals surface area contributed by atoms with Crippen LogP contribution in [0.4, 0.5) is 9.93 Å². The molecule has 0 radical (unpaired) electrons. The molecule has 2 N–H and O–H groups in total. The molecule has 0 aliphatic carbocycles. The van der Waals surface area contributed by atoms with Gasteiger partial charge in [-0.15, -0.1) is 11.3 Å². The summed E-state index contributed by atoms with van der Waals surface area (Å²) in [5.41, 5.74) is 0.836. The van der Waals surface area contributed by atoms with Crippen molar-refractivity contribution in [3.63, 3.8) is 0 Å². The number of amides is 4.